The van der Waals surface area contributed by atoms with Crippen LogP contribution in [0.15, 0.2) is 77.7 Å². The first-order valence-corrected chi connectivity index (χ1v) is 9.15. The van der Waals surface area contributed by atoms with Crippen molar-refractivity contribution in [2.24, 2.45) is 0 Å². The maximum absolute atomic E-state index is 12.9. The van der Waals surface area contributed by atoms with E-state index in [0.29, 0.717) is 11.3 Å². The van der Waals surface area contributed by atoms with Crippen LogP contribution in [0.4, 0.5) is 0 Å². The average molecular weight is 325 g/mol. The first-order valence-electron chi connectivity index (χ1n) is 7.67. The monoisotopic (exact) mass is 325 g/mol. The zero-order valence-corrected chi connectivity index (χ0v) is 13.8. The molecule has 3 rings (SSSR count). The second-order valence-corrected chi connectivity index (χ2v) is 7.15. The summed E-state index contributed by atoms with van der Waals surface area (Å²) in [6.45, 7) is 1.98. The van der Waals surface area contributed by atoms with Gasteiger partial charge in [-0.1, -0.05) is 73.7 Å². The Balaban J connectivity index is 2.01. The molecule has 4 heteroatoms. The molecule has 0 amide bonds. The molecular weight excluding hydrogens is 306 g/mol. The van der Waals surface area contributed by atoms with Gasteiger partial charge in [-0.15, -0.1) is 0 Å². The van der Waals surface area contributed by atoms with Crippen LogP contribution in [0.5, 0.6) is 0 Å². The first-order chi connectivity index (χ1) is 11.1. The molecular formula is C19H19NO2S. The lowest BCUT2D eigenvalue weighted by molar-refractivity contribution is 0.551. The molecule has 23 heavy (non-hydrogen) atoms. The second-order valence-electron chi connectivity index (χ2n) is 5.47. The van der Waals surface area contributed by atoms with Crippen molar-refractivity contribution in [1.82, 2.24) is 4.72 Å². The van der Waals surface area contributed by atoms with E-state index in [2.05, 4.69) is 4.72 Å². The molecule has 1 N–H and O–H groups in total. The van der Waals surface area contributed by atoms with Crippen LogP contribution in [0.2, 0.25) is 0 Å². The SMILES string of the molecule is CCC(NS(=O)(=O)c1cccc2ccccc12)c1ccccc1. The van der Waals surface area contributed by atoms with Gasteiger partial charge in [-0.05, 0) is 23.4 Å². The summed E-state index contributed by atoms with van der Waals surface area (Å²) in [7, 11) is -3.60. The highest BCUT2D eigenvalue weighted by molar-refractivity contribution is 7.89. The van der Waals surface area contributed by atoms with Crippen LogP contribution in [0.3, 0.4) is 0 Å². The van der Waals surface area contributed by atoms with E-state index in [1.807, 2.05) is 67.6 Å². The number of rotatable bonds is 5. The number of fused-ring (bicyclic) bond motifs is 1. The van der Waals surface area contributed by atoms with Gasteiger partial charge >= 0.3 is 0 Å². The Morgan fingerprint density at radius 2 is 1.52 bits per heavy atom. The number of nitrogens with one attached hydrogen (secondary N) is 1. The molecule has 0 aromatic heterocycles. The molecule has 1 unspecified atom stereocenters. The largest absolute Gasteiger partial charge is 0.241 e. The molecule has 0 saturated carbocycles. The fourth-order valence-electron chi connectivity index (χ4n) is 2.75. The number of hydrogen-bond donors (Lipinski definition) is 1. The van der Waals surface area contributed by atoms with E-state index < -0.39 is 10.0 Å². The molecule has 0 heterocycles. The molecule has 0 aliphatic rings. The maximum Gasteiger partial charge on any atom is 0.241 e. The highest BCUT2D eigenvalue weighted by Crippen LogP contribution is 2.25. The van der Waals surface area contributed by atoms with Crippen molar-refractivity contribution in [3.05, 3.63) is 78.4 Å². The Morgan fingerprint density at radius 1 is 0.870 bits per heavy atom. The molecule has 1 atom stereocenters. The molecule has 3 aromatic rings. The Labute approximate surface area is 137 Å². The molecule has 0 fully saturated rings. The quantitative estimate of drug-likeness (QED) is 0.761. The van der Waals surface area contributed by atoms with Gasteiger partial charge in [0.05, 0.1) is 4.90 Å². The summed E-state index contributed by atoms with van der Waals surface area (Å²) < 4.78 is 28.6. The van der Waals surface area contributed by atoms with Gasteiger partial charge in [-0.3, -0.25) is 0 Å². The van der Waals surface area contributed by atoms with Crippen LogP contribution in [0.1, 0.15) is 24.9 Å². The van der Waals surface area contributed by atoms with Crippen LogP contribution in [0.25, 0.3) is 10.8 Å². The van der Waals surface area contributed by atoms with Gasteiger partial charge in [-0.2, -0.15) is 0 Å². The normalized spacial score (nSPS) is 13.1. The fraction of sp³-hybridized carbons (Fsp3) is 0.158. The van der Waals surface area contributed by atoms with E-state index in [4.69, 9.17) is 0 Å². The summed E-state index contributed by atoms with van der Waals surface area (Å²) >= 11 is 0. The standard InChI is InChI=1S/C19H19NO2S/c1-2-18(16-10-4-3-5-11-16)20-23(21,22)19-14-8-12-15-9-6-7-13-17(15)19/h3-14,18,20H,2H2,1H3. The van der Waals surface area contributed by atoms with E-state index in [1.165, 1.54) is 0 Å². The molecule has 118 valence electrons. The predicted octanol–water partition coefficient (Wildman–Crippen LogP) is 4.27. The van der Waals surface area contributed by atoms with Gasteiger partial charge < -0.3 is 0 Å². The molecule has 3 aromatic carbocycles. The lowest BCUT2D eigenvalue weighted by Gasteiger charge is -2.18. The van der Waals surface area contributed by atoms with Crippen LogP contribution in [-0.4, -0.2) is 8.42 Å². The van der Waals surface area contributed by atoms with E-state index in [1.54, 1.807) is 12.1 Å². The van der Waals surface area contributed by atoms with Crippen LogP contribution in [-0.2, 0) is 10.0 Å². The van der Waals surface area contributed by atoms with Crippen molar-refractivity contribution in [3.63, 3.8) is 0 Å². The number of hydrogen-bond acceptors (Lipinski definition) is 2. The van der Waals surface area contributed by atoms with Gasteiger partial charge in [0.25, 0.3) is 0 Å². The molecule has 0 spiro atoms. The minimum atomic E-state index is -3.60. The van der Waals surface area contributed by atoms with Crippen LogP contribution < -0.4 is 4.72 Å². The van der Waals surface area contributed by atoms with Crippen molar-refractivity contribution in [2.75, 3.05) is 0 Å². The topological polar surface area (TPSA) is 46.2 Å². The zero-order valence-electron chi connectivity index (χ0n) is 12.9. The third kappa shape index (κ3) is 3.28. The summed E-state index contributed by atoms with van der Waals surface area (Å²) in [5.74, 6) is 0. The third-order valence-corrected chi connectivity index (χ3v) is 5.48. The molecule has 3 nitrogen and oxygen atoms in total. The van der Waals surface area contributed by atoms with E-state index in [-0.39, 0.29) is 6.04 Å². The summed E-state index contributed by atoms with van der Waals surface area (Å²) in [5.41, 5.74) is 0.971. The van der Waals surface area contributed by atoms with Gasteiger partial charge in [0.1, 0.15) is 0 Å². The summed E-state index contributed by atoms with van der Waals surface area (Å²) in [6.07, 6.45) is 0.689. The van der Waals surface area contributed by atoms with Gasteiger partial charge in [0.2, 0.25) is 10.0 Å². The Hall–Kier alpha value is -2.17. The molecule has 0 aliphatic carbocycles. The van der Waals surface area contributed by atoms with Crippen molar-refractivity contribution in [2.45, 2.75) is 24.3 Å². The molecule has 0 aliphatic heterocycles. The summed E-state index contributed by atoms with van der Waals surface area (Å²) in [5, 5.41) is 1.66. The van der Waals surface area contributed by atoms with Crippen LogP contribution in [0, 0.1) is 0 Å². The van der Waals surface area contributed by atoms with E-state index in [9.17, 15) is 8.42 Å². The van der Waals surface area contributed by atoms with Crippen molar-refractivity contribution in [3.8, 4) is 0 Å². The highest BCUT2D eigenvalue weighted by Gasteiger charge is 2.21. The molecule has 0 radical (unpaired) electrons. The van der Waals surface area contributed by atoms with Crippen molar-refractivity contribution < 1.29 is 8.42 Å². The lowest BCUT2D eigenvalue weighted by Crippen LogP contribution is -2.28. The minimum absolute atomic E-state index is 0.236. The van der Waals surface area contributed by atoms with Crippen LogP contribution >= 0.6 is 0 Å². The van der Waals surface area contributed by atoms with E-state index in [0.717, 1.165) is 16.3 Å². The Kier molecular flexibility index (Phi) is 4.46. The summed E-state index contributed by atoms with van der Waals surface area (Å²) in [4.78, 5) is 0.324. The fourth-order valence-corrected chi connectivity index (χ4v) is 4.29. The number of benzene rings is 3. The molecule has 0 saturated heterocycles. The second kappa shape index (κ2) is 6.52. The summed E-state index contributed by atoms with van der Waals surface area (Å²) in [6, 6.07) is 22.3. The number of sulfonamides is 1. The first kappa shape index (κ1) is 15.7. The smallest absolute Gasteiger partial charge is 0.207 e. The predicted molar refractivity (Wildman–Crippen MR) is 93.7 cm³/mol. The van der Waals surface area contributed by atoms with Crippen molar-refractivity contribution in [1.29, 1.82) is 0 Å². The van der Waals surface area contributed by atoms with Gasteiger partial charge in [-0.25, -0.2) is 13.1 Å². The van der Waals surface area contributed by atoms with Gasteiger partial charge in [0.15, 0.2) is 0 Å². The lowest BCUT2D eigenvalue weighted by atomic mass is 10.1. The van der Waals surface area contributed by atoms with Crippen molar-refractivity contribution >= 4 is 20.8 Å². The average Bonchev–Trinajstić information content (AvgIpc) is 2.60. The third-order valence-electron chi connectivity index (χ3n) is 3.95. The molecule has 0 bridgehead atoms. The van der Waals surface area contributed by atoms with Gasteiger partial charge in [0, 0.05) is 11.4 Å². The van der Waals surface area contributed by atoms with E-state index >= 15 is 0 Å². The zero-order chi connectivity index (χ0) is 16.3. The minimum Gasteiger partial charge on any atom is -0.207 e. The maximum atomic E-state index is 12.9. The highest BCUT2D eigenvalue weighted by atomic mass is 32.2. The Bertz CT molecular complexity index is 900. The Morgan fingerprint density at radius 3 is 2.26 bits per heavy atom.